The van der Waals surface area contributed by atoms with Crippen LogP contribution in [0.3, 0.4) is 0 Å². The van der Waals surface area contributed by atoms with Gasteiger partial charge in [-0.05, 0) is 112 Å². The maximum atomic E-state index is 14.5. The lowest BCUT2D eigenvalue weighted by atomic mass is 9.75. The van der Waals surface area contributed by atoms with Crippen molar-refractivity contribution in [2.24, 2.45) is 17.8 Å². The second kappa shape index (κ2) is 22.0. The van der Waals surface area contributed by atoms with E-state index in [1.165, 1.54) is 26.2 Å². The number of nitrogens with one attached hydrogen (secondary N) is 3. The molecule has 16 heteroatoms. The highest BCUT2D eigenvalue weighted by Gasteiger charge is 2.58. The number of aliphatic hydroxyl groups is 4. The quantitative estimate of drug-likeness (QED) is 0.111. The van der Waals surface area contributed by atoms with Crippen molar-refractivity contribution in [2.75, 3.05) is 33.8 Å². The summed E-state index contributed by atoms with van der Waals surface area (Å²) in [5.74, 6) is -3.00. The first-order chi connectivity index (χ1) is 29.0. The van der Waals surface area contributed by atoms with E-state index >= 15 is 0 Å². The van der Waals surface area contributed by atoms with E-state index in [0.717, 1.165) is 6.42 Å². The highest BCUT2D eigenvalue weighted by atomic mass is 19.1. The number of cyclic esters (lactones) is 1. The molecule has 7 N–H and O–H groups in total. The molecule has 358 valence electrons. The van der Waals surface area contributed by atoms with E-state index in [0.29, 0.717) is 19.5 Å². The van der Waals surface area contributed by atoms with Crippen LogP contribution < -0.4 is 20.7 Å². The van der Waals surface area contributed by atoms with Gasteiger partial charge in [0.1, 0.15) is 40.6 Å². The number of esters is 1. The third kappa shape index (κ3) is 12.0. The summed E-state index contributed by atoms with van der Waals surface area (Å²) in [7, 11) is 3.33. The molecule has 62 heavy (non-hydrogen) atoms. The number of rotatable bonds is 13. The van der Waals surface area contributed by atoms with Crippen LogP contribution in [0.25, 0.3) is 0 Å². The molecule has 0 aromatic heterocycles. The minimum Gasteiger partial charge on any atom is -0.483 e. The number of hydrogen-bond acceptors (Lipinski definition) is 15. The number of methoxy groups -OCH3 is 1. The van der Waals surface area contributed by atoms with Gasteiger partial charge in [0.05, 0.1) is 42.0 Å². The average molecular weight is 886 g/mol. The molecule has 0 spiro atoms. The fourth-order valence-corrected chi connectivity index (χ4v) is 9.82. The van der Waals surface area contributed by atoms with E-state index in [1.807, 2.05) is 27.7 Å². The second-order valence-corrected chi connectivity index (χ2v) is 19.1. The summed E-state index contributed by atoms with van der Waals surface area (Å²) in [4.78, 5) is 14.5. The number of carbonyl (C=O) groups is 1. The summed E-state index contributed by atoms with van der Waals surface area (Å²) in [6, 6.07) is 4.89. The van der Waals surface area contributed by atoms with Crippen LogP contribution in [0.15, 0.2) is 24.3 Å². The molecule has 3 aliphatic rings. The van der Waals surface area contributed by atoms with Gasteiger partial charge in [-0.2, -0.15) is 0 Å². The van der Waals surface area contributed by atoms with Crippen molar-refractivity contribution in [2.45, 2.75) is 198 Å². The second-order valence-electron chi connectivity index (χ2n) is 19.1. The first-order valence-corrected chi connectivity index (χ1v) is 22.7. The van der Waals surface area contributed by atoms with Crippen LogP contribution >= 0.6 is 0 Å². The Labute approximate surface area is 369 Å². The molecule has 3 saturated heterocycles. The van der Waals surface area contributed by atoms with Crippen LogP contribution in [0.5, 0.6) is 5.75 Å². The van der Waals surface area contributed by atoms with Crippen molar-refractivity contribution in [3.63, 3.8) is 0 Å². The number of carbonyl (C=O) groups excluding carboxylic acids is 1. The fraction of sp³-hybridized carbons (Fsp3) is 0.848. The molecule has 3 fully saturated rings. The lowest BCUT2D eigenvalue weighted by Crippen LogP contribution is -2.70. The molecule has 0 amide bonds. The van der Waals surface area contributed by atoms with Gasteiger partial charge in [0.25, 0.3) is 0 Å². The highest BCUT2D eigenvalue weighted by molar-refractivity contribution is 5.73. The van der Waals surface area contributed by atoms with Gasteiger partial charge in [-0.1, -0.05) is 33.8 Å². The molecule has 0 bridgehead atoms. The van der Waals surface area contributed by atoms with Crippen molar-refractivity contribution in [1.82, 2.24) is 16.0 Å². The van der Waals surface area contributed by atoms with Gasteiger partial charge < -0.3 is 69.5 Å². The Kier molecular flexibility index (Phi) is 18.6. The first-order valence-electron chi connectivity index (χ1n) is 22.7. The van der Waals surface area contributed by atoms with Gasteiger partial charge in [0, 0.05) is 38.1 Å². The Morgan fingerprint density at radius 1 is 0.984 bits per heavy atom. The summed E-state index contributed by atoms with van der Waals surface area (Å²) in [6.07, 6.45) is -6.79. The van der Waals surface area contributed by atoms with E-state index in [4.69, 9.17) is 33.2 Å². The molecule has 1 aromatic rings. The molecule has 3 heterocycles. The standard InChI is InChI=1S/C46H80FN3O12/c1-14-19-49-25-46(55)31(8)58-36(23-44(46,10)56-13)61-37-28(5)40(62-42-38(34(48-12)20-27(4)57-42)59-33-18-16-17-32(47)21-33)43(9,53)22-26(3)24-50-30(7)39(51)45(11,54)35(15-2)60-41(52)29(37)6/h16-18,21,26-31,34-40,42,48-51,53-55H,14-15,19-20,22-25H2,1-13H3/t26-,27-,28+,29-,30-,31+,34+,35-,36+,37+,38-,39-,40-,42+,43-,44-,45-,46+/m1/s1. The van der Waals surface area contributed by atoms with Crippen LogP contribution in [0, 0.1) is 23.6 Å². The smallest absolute Gasteiger partial charge is 0.311 e. The maximum absolute atomic E-state index is 14.5. The van der Waals surface area contributed by atoms with Crippen LogP contribution in [-0.2, 0) is 33.2 Å². The van der Waals surface area contributed by atoms with Crippen molar-refractivity contribution >= 4 is 5.97 Å². The molecule has 18 atom stereocenters. The highest BCUT2D eigenvalue weighted by Crippen LogP contribution is 2.43. The number of benzene rings is 1. The van der Waals surface area contributed by atoms with Crippen molar-refractivity contribution < 1.29 is 62.8 Å². The van der Waals surface area contributed by atoms with Crippen molar-refractivity contribution in [3.8, 4) is 5.75 Å². The number of halogens is 1. The van der Waals surface area contributed by atoms with Crippen LogP contribution in [0.4, 0.5) is 4.39 Å². The minimum atomic E-state index is -1.84. The topological polar surface area (TPSA) is 199 Å². The molecule has 0 saturated carbocycles. The molecule has 3 aliphatic heterocycles. The molecule has 0 aliphatic carbocycles. The van der Waals surface area contributed by atoms with E-state index in [-0.39, 0.29) is 49.6 Å². The molecule has 1 aromatic carbocycles. The normalized spacial score (nSPS) is 44.2. The predicted molar refractivity (Wildman–Crippen MR) is 232 cm³/mol. The first kappa shape index (κ1) is 52.6. The molecular formula is C46H80FN3O12. The Morgan fingerprint density at radius 3 is 2.29 bits per heavy atom. The largest absolute Gasteiger partial charge is 0.483 e. The minimum absolute atomic E-state index is 0.0702. The Bertz CT molecular complexity index is 1560. The SMILES string of the molecule is CCCNC[C@]1(O)[C@H](C)O[C@@H](O[C@H]2[C@H](C)[C@@H](O[C@@H]3O[C@H](C)C[C@H](NC)[C@H]3Oc3cccc(F)c3)[C@](C)(O)C[C@@H](C)CN[C@H](C)[C@@H](O)[C@](C)(O)[C@@H](CC)OC(=O)[C@@H]2C)C[C@@]1(C)OC. The summed E-state index contributed by atoms with van der Waals surface area (Å²) < 4.78 is 59.9. The molecule has 0 unspecified atom stereocenters. The van der Waals surface area contributed by atoms with E-state index in [2.05, 4.69) is 16.0 Å². The Morgan fingerprint density at radius 2 is 1.68 bits per heavy atom. The summed E-state index contributed by atoms with van der Waals surface area (Å²) in [5.41, 5.74) is -6.09. The van der Waals surface area contributed by atoms with Crippen LogP contribution in [0.2, 0.25) is 0 Å². The van der Waals surface area contributed by atoms with Gasteiger partial charge in [-0.25, -0.2) is 4.39 Å². The van der Waals surface area contributed by atoms with E-state index < -0.39 is 101 Å². The third-order valence-electron chi connectivity index (χ3n) is 13.8. The molecule has 15 nitrogen and oxygen atoms in total. The zero-order valence-corrected chi connectivity index (χ0v) is 39.5. The predicted octanol–water partition coefficient (Wildman–Crippen LogP) is 3.81. The Hall–Kier alpha value is -2.06. The summed E-state index contributed by atoms with van der Waals surface area (Å²) >= 11 is 0. The van der Waals surface area contributed by atoms with Gasteiger partial charge in [-0.3, -0.25) is 4.79 Å². The molecule has 0 radical (unpaired) electrons. The van der Waals surface area contributed by atoms with Gasteiger partial charge in [0.15, 0.2) is 18.7 Å². The monoisotopic (exact) mass is 886 g/mol. The van der Waals surface area contributed by atoms with Crippen molar-refractivity contribution in [3.05, 3.63) is 30.1 Å². The number of hydrogen-bond donors (Lipinski definition) is 7. The van der Waals surface area contributed by atoms with E-state index in [1.54, 1.807) is 60.7 Å². The van der Waals surface area contributed by atoms with Crippen LogP contribution in [-0.4, -0.2) is 150 Å². The Balaban J connectivity index is 1.85. The van der Waals surface area contributed by atoms with Gasteiger partial charge in [-0.15, -0.1) is 0 Å². The third-order valence-corrected chi connectivity index (χ3v) is 13.8. The average Bonchev–Trinajstić information content (AvgIpc) is 3.21. The lowest BCUT2D eigenvalue weighted by molar-refractivity contribution is -0.335. The van der Waals surface area contributed by atoms with Crippen molar-refractivity contribution in [1.29, 1.82) is 0 Å². The van der Waals surface area contributed by atoms with Gasteiger partial charge in [0.2, 0.25) is 0 Å². The zero-order valence-electron chi connectivity index (χ0n) is 39.5. The fourth-order valence-electron chi connectivity index (χ4n) is 9.82. The number of aliphatic hydroxyl groups excluding tert-OH is 1. The lowest BCUT2D eigenvalue weighted by Gasteiger charge is -2.53. The van der Waals surface area contributed by atoms with Gasteiger partial charge >= 0.3 is 5.97 Å². The zero-order chi connectivity index (χ0) is 46.4. The number of ether oxygens (including phenoxy) is 7. The van der Waals surface area contributed by atoms with E-state index in [9.17, 15) is 29.6 Å². The molecule has 4 rings (SSSR count). The number of likely N-dealkylation sites (N-methyl/N-ethyl adjacent to an activating group) is 1. The maximum Gasteiger partial charge on any atom is 0.311 e. The summed E-state index contributed by atoms with van der Waals surface area (Å²) in [5, 5.41) is 58.1. The molecular weight excluding hydrogens is 806 g/mol. The summed E-state index contributed by atoms with van der Waals surface area (Å²) in [6.45, 7) is 20.8. The van der Waals surface area contributed by atoms with Crippen LogP contribution in [0.1, 0.15) is 108 Å².